The normalized spacial score (nSPS) is 17.6. The van der Waals surface area contributed by atoms with Gasteiger partial charge >= 0.3 is 0 Å². The number of ether oxygens (including phenoxy) is 1. The molecule has 6 rings (SSSR count). The van der Waals surface area contributed by atoms with Gasteiger partial charge < -0.3 is 4.74 Å². The maximum Gasteiger partial charge on any atom is 0.0716 e. The van der Waals surface area contributed by atoms with Crippen LogP contribution in [0, 0.1) is 12.3 Å². The lowest BCUT2D eigenvalue weighted by Gasteiger charge is -2.34. The first-order valence-electron chi connectivity index (χ1n) is 18.5. The molecule has 0 spiro atoms. The SMILES string of the molecule is CCCC(CC(C)(C)CC(CC)c1ccc(C)cc1)c1ccc(COCCCCc2ccc3c4c2C=CC2=CC=CC(=CC3)C24)cc1. The molecule has 0 amide bonds. The molecule has 3 aromatic carbocycles. The summed E-state index contributed by atoms with van der Waals surface area (Å²) in [5.74, 6) is 1.67. The second kappa shape index (κ2) is 15.2. The summed E-state index contributed by atoms with van der Waals surface area (Å²) < 4.78 is 6.18. The zero-order valence-corrected chi connectivity index (χ0v) is 29.7. The van der Waals surface area contributed by atoms with Crippen molar-refractivity contribution in [2.45, 2.75) is 117 Å². The van der Waals surface area contributed by atoms with Crippen LogP contribution in [-0.2, 0) is 24.2 Å². The van der Waals surface area contributed by atoms with E-state index in [1.807, 2.05) is 0 Å². The Hall–Kier alpha value is -3.42. The molecule has 0 N–H and O–H groups in total. The fourth-order valence-corrected chi connectivity index (χ4v) is 8.48. The molecule has 0 saturated heterocycles. The smallest absolute Gasteiger partial charge is 0.0716 e. The van der Waals surface area contributed by atoms with Crippen molar-refractivity contribution >= 4 is 6.08 Å². The van der Waals surface area contributed by atoms with Crippen molar-refractivity contribution in [1.82, 2.24) is 0 Å². The highest BCUT2D eigenvalue weighted by molar-refractivity contribution is 5.73. The van der Waals surface area contributed by atoms with Gasteiger partial charge in [0.2, 0.25) is 0 Å². The number of aryl methyl sites for hydroxylation is 2. The van der Waals surface area contributed by atoms with Gasteiger partial charge in [-0.3, -0.25) is 0 Å². The van der Waals surface area contributed by atoms with Gasteiger partial charge in [-0.1, -0.05) is 137 Å². The molecule has 0 saturated carbocycles. The summed E-state index contributed by atoms with van der Waals surface area (Å²) in [7, 11) is 0. The summed E-state index contributed by atoms with van der Waals surface area (Å²) in [5.41, 5.74) is 14.9. The molecule has 0 aromatic heterocycles. The second-order valence-corrected chi connectivity index (χ2v) is 15.2. The summed E-state index contributed by atoms with van der Waals surface area (Å²) in [6.07, 6.45) is 24.5. The summed E-state index contributed by atoms with van der Waals surface area (Å²) in [6, 6.07) is 23.4. The van der Waals surface area contributed by atoms with Crippen molar-refractivity contribution in [3.8, 4) is 0 Å². The largest absolute Gasteiger partial charge is 0.377 e. The van der Waals surface area contributed by atoms with E-state index < -0.39 is 0 Å². The van der Waals surface area contributed by atoms with Crippen LogP contribution in [0.3, 0.4) is 0 Å². The van der Waals surface area contributed by atoms with Crippen molar-refractivity contribution in [1.29, 1.82) is 0 Å². The Labute approximate surface area is 285 Å². The van der Waals surface area contributed by atoms with Gasteiger partial charge in [0.15, 0.2) is 0 Å². The first kappa shape index (κ1) is 33.5. The minimum absolute atomic E-state index is 0.285. The molecule has 3 unspecified atom stereocenters. The quantitative estimate of drug-likeness (QED) is 0.144. The standard InChI is InChI=1S/C46H56O/c1-6-11-42(31-46(4,5)30-35(7-2)36-19-15-33(3)16-20-36)37-21-17-34(18-22-37)32-47-29-9-8-12-38-23-24-41-26-25-39-13-10-14-40-27-28-43(38)45(41)44(39)40/h10,13-25,27-28,35,42,44H,6-9,11-12,26,29-32H2,1-5H3. The van der Waals surface area contributed by atoms with Gasteiger partial charge in [-0.15, -0.1) is 0 Å². The van der Waals surface area contributed by atoms with Crippen LogP contribution in [0.15, 0.2) is 102 Å². The Balaban J connectivity index is 0.975. The lowest BCUT2D eigenvalue weighted by atomic mass is 9.70. The van der Waals surface area contributed by atoms with Crippen LogP contribution in [0.5, 0.6) is 0 Å². The Bertz CT molecular complexity index is 1630. The molecule has 0 bridgehead atoms. The highest BCUT2D eigenvalue weighted by Gasteiger charge is 2.31. The lowest BCUT2D eigenvalue weighted by molar-refractivity contribution is 0.117. The number of unbranched alkanes of at least 4 members (excludes halogenated alkanes) is 1. The summed E-state index contributed by atoms with van der Waals surface area (Å²) in [5, 5.41) is 0. The fourth-order valence-electron chi connectivity index (χ4n) is 8.48. The molecule has 0 aliphatic heterocycles. The monoisotopic (exact) mass is 624 g/mol. The summed E-state index contributed by atoms with van der Waals surface area (Å²) in [6.45, 7) is 13.3. The van der Waals surface area contributed by atoms with Gasteiger partial charge in [0.05, 0.1) is 6.61 Å². The van der Waals surface area contributed by atoms with Gasteiger partial charge in [0.1, 0.15) is 0 Å². The highest BCUT2D eigenvalue weighted by Crippen LogP contribution is 2.47. The van der Waals surface area contributed by atoms with E-state index in [9.17, 15) is 0 Å². The van der Waals surface area contributed by atoms with Crippen molar-refractivity contribution in [2.24, 2.45) is 5.41 Å². The van der Waals surface area contributed by atoms with E-state index in [1.165, 1.54) is 82.2 Å². The first-order chi connectivity index (χ1) is 22.8. The zero-order valence-electron chi connectivity index (χ0n) is 29.7. The summed E-state index contributed by atoms with van der Waals surface area (Å²) in [4.78, 5) is 0. The van der Waals surface area contributed by atoms with Crippen molar-refractivity contribution in [3.05, 3.63) is 147 Å². The molecular weight excluding hydrogens is 569 g/mol. The van der Waals surface area contributed by atoms with E-state index in [4.69, 9.17) is 4.74 Å². The van der Waals surface area contributed by atoms with E-state index in [2.05, 4.69) is 132 Å². The van der Waals surface area contributed by atoms with Crippen molar-refractivity contribution in [3.63, 3.8) is 0 Å². The predicted molar refractivity (Wildman–Crippen MR) is 201 cm³/mol. The van der Waals surface area contributed by atoms with Crippen molar-refractivity contribution in [2.75, 3.05) is 6.61 Å². The van der Waals surface area contributed by atoms with Gasteiger partial charge in [-0.25, -0.2) is 0 Å². The maximum atomic E-state index is 6.18. The molecule has 246 valence electrons. The maximum absolute atomic E-state index is 6.18. The van der Waals surface area contributed by atoms with Crippen LogP contribution in [0.1, 0.15) is 135 Å². The number of hydrogen-bond acceptors (Lipinski definition) is 1. The number of allylic oxidation sites excluding steroid dienone is 7. The molecule has 0 radical (unpaired) electrons. The molecule has 3 aliphatic carbocycles. The molecular formula is C46H56O. The second-order valence-electron chi connectivity index (χ2n) is 15.2. The van der Waals surface area contributed by atoms with Crippen LogP contribution in [0.25, 0.3) is 6.08 Å². The first-order valence-corrected chi connectivity index (χ1v) is 18.5. The minimum Gasteiger partial charge on any atom is -0.377 e. The Morgan fingerprint density at radius 2 is 1.55 bits per heavy atom. The summed E-state index contributed by atoms with van der Waals surface area (Å²) >= 11 is 0. The van der Waals surface area contributed by atoms with Gasteiger partial charge in [0.25, 0.3) is 0 Å². The molecule has 0 fully saturated rings. The Kier molecular flexibility index (Phi) is 10.8. The van der Waals surface area contributed by atoms with Crippen molar-refractivity contribution < 1.29 is 4.74 Å². The fraction of sp³-hybridized carbons (Fsp3) is 0.435. The average Bonchev–Trinajstić information content (AvgIpc) is 3.08. The average molecular weight is 625 g/mol. The molecule has 47 heavy (non-hydrogen) atoms. The van der Waals surface area contributed by atoms with Gasteiger partial charge in [-0.05, 0) is 126 Å². The van der Waals surface area contributed by atoms with Crippen LogP contribution >= 0.6 is 0 Å². The molecule has 3 aromatic rings. The molecule has 1 heteroatoms. The van der Waals surface area contributed by atoms with Crippen LogP contribution in [0.4, 0.5) is 0 Å². The van der Waals surface area contributed by atoms with E-state index in [-0.39, 0.29) is 5.41 Å². The molecule has 0 heterocycles. The van der Waals surface area contributed by atoms with Crippen LogP contribution in [-0.4, -0.2) is 6.61 Å². The third-order valence-electron chi connectivity index (χ3n) is 11.0. The van der Waals surface area contributed by atoms with Crippen LogP contribution < -0.4 is 0 Å². The van der Waals surface area contributed by atoms with Crippen LogP contribution in [0.2, 0.25) is 0 Å². The number of rotatable bonds is 16. The van der Waals surface area contributed by atoms with Gasteiger partial charge in [-0.2, -0.15) is 0 Å². The third kappa shape index (κ3) is 8.01. The Morgan fingerprint density at radius 3 is 2.32 bits per heavy atom. The van der Waals surface area contributed by atoms with E-state index in [0.717, 1.165) is 32.3 Å². The van der Waals surface area contributed by atoms with E-state index in [0.29, 0.717) is 24.4 Å². The van der Waals surface area contributed by atoms with Gasteiger partial charge in [0, 0.05) is 12.5 Å². The lowest BCUT2D eigenvalue weighted by Crippen LogP contribution is -2.20. The topological polar surface area (TPSA) is 9.23 Å². The highest BCUT2D eigenvalue weighted by atomic mass is 16.5. The van der Waals surface area contributed by atoms with E-state index in [1.54, 1.807) is 5.56 Å². The number of hydrogen-bond donors (Lipinski definition) is 0. The molecule has 1 nitrogen and oxygen atoms in total. The Morgan fingerprint density at radius 1 is 0.809 bits per heavy atom. The number of benzene rings is 3. The predicted octanol–water partition coefficient (Wildman–Crippen LogP) is 12.5. The van der Waals surface area contributed by atoms with E-state index >= 15 is 0 Å². The minimum atomic E-state index is 0.285. The zero-order chi connectivity index (χ0) is 32.8. The molecule has 3 atom stereocenters. The third-order valence-corrected chi connectivity index (χ3v) is 11.0. The molecule has 3 aliphatic rings.